The van der Waals surface area contributed by atoms with Crippen LogP contribution in [-0.2, 0) is 14.3 Å². The van der Waals surface area contributed by atoms with Crippen LogP contribution < -0.4 is 11.1 Å². The molecule has 1 unspecified atom stereocenters. The first-order valence-electron chi connectivity index (χ1n) is 6.07. The molecule has 2 aliphatic heterocycles. The first-order valence-corrected chi connectivity index (χ1v) is 6.07. The van der Waals surface area contributed by atoms with E-state index >= 15 is 0 Å². The highest BCUT2D eigenvalue weighted by atomic mass is 16.5. The molecule has 0 radical (unpaired) electrons. The van der Waals surface area contributed by atoms with Crippen molar-refractivity contribution in [3.63, 3.8) is 0 Å². The van der Waals surface area contributed by atoms with Crippen LogP contribution in [0.2, 0.25) is 0 Å². The molecule has 0 aromatic carbocycles. The molecule has 6 heteroatoms. The highest BCUT2D eigenvalue weighted by Gasteiger charge is 2.30. The zero-order chi connectivity index (χ0) is 12.3. The Hall–Kier alpha value is -1.14. The summed E-state index contributed by atoms with van der Waals surface area (Å²) in [5.74, 6) is -0.251. The first-order chi connectivity index (χ1) is 8.18. The van der Waals surface area contributed by atoms with Gasteiger partial charge in [0.2, 0.25) is 11.8 Å². The molecule has 2 fully saturated rings. The molecular formula is C11H19N3O3. The Kier molecular flexibility index (Phi) is 3.96. The molecule has 2 aliphatic rings. The number of nitrogens with two attached hydrogens (primary N) is 1. The third kappa shape index (κ3) is 2.95. The Bertz CT molecular complexity index is 294. The van der Waals surface area contributed by atoms with Crippen molar-refractivity contribution in [1.29, 1.82) is 0 Å². The number of amides is 2. The van der Waals surface area contributed by atoms with Gasteiger partial charge in [0.1, 0.15) is 6.04 Å². The normalized spacial score (nSPS) is 26.8. The van der Waals surface area contributed by atoms with Crippen LogP contribution in [0.25, 0.3) is 0 Å². The second-order valence-electron chi connectivity index (χ2n) is 4.58. The number of primary amides is 1. The van der Waals surface area contributed by atoms with E-state index in [2.05, 4.69) is 5.32 Å². The van der Waals surface area contributed by atoms with Gasteiger partial charge >= 0.3 is 0 Å². The van der Waals surface area contributed by atoms with Crippen LogP contribution in [0.1, 0.15) is 12.8 Å². The fourth-order valence-electron chi connectivity index (χ4n) is 2.33. The van der Waals surface area contributed by atoms with E-state index in [4.69, 9.17) is 10.5 Å². The summed E-state index contributed by atoms with van der Waals surface area (Å²) in [5.41, 5.74) is 5.26. The van der Waals surface area contributed by atoms with Crippen molar-refractivity contribution >= 4 is 11.8 Å². The largest absolute Gasteiger partial charge is 0.378 e. The van der Waals surface area contributed by atoms with Crippen LogP contribution in [0.4, 0.5) is 0 Å². The molecule has 0 aromatic heterocycles. The predicted octanol–water partition coefficient (Wildman–Crippen LogP) is -1.30. The van der Waals surface area contributed by atoms with E-state index in [-0.39, 0.29) is 23.8 Å². The topological polar surface area (TPSA) is 84.7 Å². The van der Waals surface area contributed by atoms with Gasteiger partial charge in [0, 0.05) is 25.6 Å². The second kappa shape index (κ2) is 5.46. The number of carbonyl (C=O) groups is 2. The fourth-order valence-corrected chi connectivity index (χ4v) is 2.33. The van der Waals surface area contributed by atoms with Crippen LogP contribution in [-0.4, -0.2) is 55.6 Å². The van der Waals surface area contributed by atoms with E-state index in [0.717, 1.165) is 0 Å². The minimum Gasteiger partial charge on any atom is -0.378 e. The fraction of sp³-hybridized carbons (Fsp3) is 0.818. The zero-order valence-corrected chi connectivity index (χ0v) is 9.85. The van der Waals surface area contributed by atoms with Gasteiger partial charge in [0.05, 0.1) is 13.2 Å². The molecule has 0 spiro atoms. The van der Waals surface area contributed by atoms with Gasteiger partial charge < -0.3 is 20.7 Å². The molecule has 6 nitrogen and oxygen atoms in total. The maximum Gasteiger partial charge on any atom is 0.242 e. The summed E-state index contributed by atoms with van der Waals surface area (Å²) < 4.78 is 5.27. The van der Waals surface area contributed by atoms with Gasteiger partial charge in [-0.05, 0) is 12.8 Å². The van der Waals surface area contributed by atoms with Gasteiger partial charge in [-0.25, -0.2) is 0 Å². The number of morpholine rings is 1. The van der Waals surface area contributed by atoms with E-state index < -0.39 is 0 Å². The van der Waals surface area contributed by atoms with Gasteiger partial charge in [-0.3, -0.25) is 9.59 Å². The summed E-state index contributed by atoms with van der Waals surface area (Å²) in [6.45, 7) is 3.05. The molecule has 2 amide bonds. The smallest absolute Gasteiger partial charge is 0.242 e. The van der Waals surface area contributed by atoms with Crippen molar-refractivity contribution in [1.82, 2.24) is 10.2 Å². The third-order valence-corrected chi connectivity index (χ3v) is 3.43. The summed E-state index contributed by atoms with van der Waals surface area (Å²) in [6, 6.07) is -0.228. The Labute approximate surface area is 100 Å². The minimum atomic E-state index is -0.253. The number of likely N-dealkylation sites (tertiary alicyclic amines) is 1. The maximum atomic E-state index is 12.1. The summed E-state index contributed by atoms with van der Waals surface area (Å²) in [5, 5.41) is 3.14. The second-order valence-corrected chi connectivity index (χ2v) is 4.58. The maximum absolute atomic E-state index is 12.1. The third-order valence-electron chi connectivity index (χ3n) is 3.43. The monoisotopic (exact) mass is 241 g/mol. The lowest BCUT2D eigenvalue weighted by molar-refractivity contribution is -0.139. The molecule has 2 heterocycles. The number of ether oxygens (including phenoxy) is 1. The van der Waals surface area contributed by atoms with E-state index in [0.29, 0.717) is 45.7 Å². The van der Waals surface area contributed by atoms with E-state index in [1.54, 1.807) is 4.90 Å². The van der Waals surface area contributed by atoms with Crippen LogP contribution in [0.3, 0.4) is 0 Å². The molecule has 3 N–H and O–H groups in total. The van der Waals surface area contributed by atoms with Crippen LogP contribution in [0.15, 0.2) is 0 Å². The van der Waals surface area contributed by atoms with Crippen molar-refractivity contribution in [3.05, 3.63) is 0 Å². The molecule has 0 saturated carbocycles. The number of nitrogens with one attached hydrogen (secondary N) is 1. The van der Waals surface area contributed by atoms with Gasteiger partial charge in [-0.1, -0.05) is 0 Å². The van der Waals surface area contributed by atoms with Crippen molar-refractivity contribution in [2.45, 2.75) is 18.9 Å². The highest BCUT2D eigenvalue weighted by Crippen LogP contribution is 2.17. The Morgan fingerprint density at radius 3 is 2.53 bits per heavy atom. The quantitative estimate of drug-likeness (QED) is 0.629. The number of hydrogen-bond donors (Lipinski definition) is 2. The summed E-state index contributed by atoms with van der Waals surface area (Å²) in [7, 11) is 0. The van der Waals surface area contributed by atoms with Gasteiger partial charge in [0.25, 0.3) is 0 Å². The Balaban J connectivity index is 1.83. The Morgan fingerprint density at radius 1 is 1.29 bits per heavy atom. The van der Waals surface area contributed by atoms with Gasteiger partial charge in [-0.15, -0.1) is 0 Å². The number of rotatable bonds is 2. The number of nitrogens with zero attached hydrogens (tertiary/aromatic N) is 1. The minimum absolute atomic E-state index is 0.0744. The predicted molar refractivity (Wildman–Crippen MR) is 61.1 cm³/mol. The number of hydrogen-bond acceptors (Lipinski definition) is 4. The highest BCUT2D eigenvalue weighted by molar-refractivity contribution is 5.83. The molecule has 17 heavy (non-hydrogen) atoms. The summed E-state index contributed by atoms with van der Waals surface area (Å²) in [6.07, 6.45) is 1.35. The van der Waals surface area contributed by atoms with Gasteiger partial charge in [0.15, 0.2) is 0 Å². The summed E-state index contributed by atoms with van der Waals surface area (Å²) >= 11 is 0. The van der Waals surface area contributed by atoms with E-state index in [1.807, 2.05) is 0 Å². The molecule has 96 valence electrons. The number of piperidine rings is 1. The van der Waals surface area contributed by atoms with Crippen molar-refractivity contribution < 1.29 is 14.3 Å². The first kappa shape index (κ1) is 12.3. The summed E-state index contributed by atoms with van der Waals surface area (Å²) in [4.78, 5) is 24.9. The average molecular weight is 241 g/mol. The molecule has 2 rings (SSSR count). The lowest BCUT2D eigenvalue weighted by Crippen LogP contribution is -2.54. The SMILES string of the molecule is NC(=O)C1CCN(C(=O)C2COCCN2)CC1. The lowest BCUT2D eigenvalue weighted by atomic mass is 9.96. The van der Waals surface area contributed by atoms with E-state index in [1.165, 1.54) is 0 Å². The molecule has 1 atom stereocenters. The molecular weight excluding hydrogens is 222 g/mol. The van der Waals surface area contributed by atoms with Crippen LogP contribution in [0.5, 0.6) is 0 Å². The molecule has 0 bridgehead atoms. The average Bonchev–Trinajstić information content (AvgIpc) is 2.39. The molecule has 0 aliphatic carbocycles. The standard InChI is InChI=1S/C11H19N3O3/c12-10(15)8-1-4-14(5-2-8)11(16)9-7-17-6-3-13-9/h8-9,13H,1-7H2,(H2,12,15). The van der Waals surface area contributed by atoms with Crippen molar-refractivity contribution in [2.75, 3.05) is 32.8 Å². The molecule has 0 aromatic rings. The van der Waals surface area contributed by atoms with Crippen LogP contribution in [0, 0.1) is 5.92 Å². The van der Waals surface area contributed by atoms with Gasteiger partial charge in [-0.2, -0.15) is 0 Å². The van der Waals surface area contributed by atoms with E-state index in [9.17, 15) is 9.59 Å². The molecule has 2 saturated heterocycles. The Morgan fingerprint density at radius 2 is 2.00 bits per heavy atom. The number of carbonyl (C=O) groups excluding carboxylic acids is 2. The van der Waals surface area contributed by atoms with Crippen molar-refractivity contribution in [2.24, 2.45) is 11.7 Å². The lowest BCUT2D eigenvalue weighted by Gasteiger charge is -2.34. The van der Waals surface area contributed by atoms with Crippen molar-refractivity contribution in [3.8, 4) is 0 Å². The zero-order valence-electron chi connectivity index (χ0n) is 9.85. The van der Waals surface area contributed by atoms with Crippen LogP contribution >= 0.6 is 0 Å².